The summed E-state index contributed by atoms with van der Waals surface area (Å²) in [6, 6.07) is 3.81. The second-order valence-corrected chi connectivity index (χ2v) is 6.78. The predicted octanol–water partition coefficient (Wildman–Crippen LogP) is 2.78. The first-order valence-electron chi connectivity index (χ1n) is 8.74. The van der Waals surface area contributed by atoms with Crippen LogP contribution in [0.3, 0.4) is 0 Å². The number of anilines is 2. The first kappa shape index (κ1) is 18.3. The van der Waals surface area contributed by atoms with Gasteiger partial charge in [-0.2, -0.15) is 5.10 Å². The number of carbonyl (C=O) groups excluding carboxylic acids is 1. The molecule has 1 aliphatic carbocycles. The number of nitrogens with zero attached hydrogens (tertiary/aromatic N) is 3. The molecular weight excluding hydrogens is 334 g/mol. The number of aromatic amines is 1. The van der Waals surface area contributed by atoms with Crippen molar-refractivity contribution in [3.63, 3.8) is 0 Å². The third kappa shape index (κ3) is 3.70. The molecule has 0 unspecified atom stereocenters. The minimum absolute atomic E-state index is 0.185. The van der Waals surface area contributed by atoms with E-state index in [0.717, 1.165) is 41.7 Å². The normalized spacial score (nSPS) is 22.8. The first-order valence-corrected chi connectivity index (χ1v) is 8.74. The number of hydrogen-bond acceptors (Lipinski definition) is 7. The number of hydrogen-bond donors (Lipinski definition) is 2. The lowest BCUT2D eigenvalue weighted by molar-refractivity contribution is -0.170. The van der Waals surface area contributed by atoms with Gasteiger partial charge in [-0.15, -0.1) is 0 Å². The van der Waals surface area contributed by atoms with E-state index in [9.17, 15) is 4.79 Å². The van der Waals surface area contributed by atoms with Gasteiger partial charge in [-0.25, -0.2) is 14.8 Å². The maximum Gasteiger partial charge on any atom is 0.338 e. The van der Waals surface area contributed by atoms with Gasteiger partial charge >= 0.3 is 5.97 Å². The van der Waals surface area contributed by atoms with Crippen LogP contribution in [0.4, 0.5) is 11.6 Å². The highest BCUT2D eigenvalue weighted by Crippen LogP contribution is 2.39. The van der Waals surface area contributed by atoms with Crippen LogP contribution < -0.4 is 5.32 Å². The van der Waals surface area contributed by atoms with E-state index in [1.165, 1.54) is 7.11 Å². The van der Waals surface area contributed by atoms with Crippen LogP contribution in [-0.2, 0) is 14.3 Å². The van der Waals surface area contributed by atoms with Crippen LogP contribution in [0, 0.1) is 13.8 Å². The molecule has 2 N–H and O–H groups in total. The van der Waals surface area contributed by atoms with Crippen LogP contribution in [0.25, 0.3) is 0 Å². The molecule has 3 rings (SSSR count). The molecule has 1 fully saturated rings. The van der Waals surface area contributed by atoms with Crippen molar-refractivity contribution in [2.45, 2.75) is 51.0 Å². The van der Waals surface area contributed by atoms with Crippen molar-refractivity contribution in [3.05, 3.63) is 29.3 Å². The molecule has 0 spiro atoms. The maximum absolute atomic E-state index is 12.1. The van der Waals surface area contributed by atoms with Gasteiger partial charge in [-0.05, 0) is 39.5 Å². The Bertz CT molecular complexity index is 781. The molecule has 0 saturated heterocycles. The van der Waals surface area contributed by atoms with E-state index in [4.69, 9.17) is 9.47 Å². The molecule has 0 radical (unpaired) electrons. The predicted molar refractivity (Wildman–Crippen MR) is 96.3 cm³/mol. The van der Waals surface area contributed by atoms with E-state index in [0.29, 0.717) is 12.8 Å². The van der Waals surface area contributed by atoms with E-state index in [-0.39, 0.29) is 11.9 Å². The summed E-state index contributed by atoms with van der Waals surface area (Å²) in [5, 5.41) is 10.3. The molecule has 8 heteroatoms. The lowest BCUT2D eigenvalue weighted by Crippen LogP contribution is -2.44. The smallest absolute Gasteiger partial charge is 0.338 e. The van der Waals surface area contributed by atoms with E-state index < -0.39 is 5.60 Å². The number of rotatable bonds is 5. The summed E-state index contributed by atoms with van der Waals surface area (Å²) in [4.78, 5) is 21.4. The minimum atomic E-state index is -0.845. The summed E-state index contributed by atoms with van der Waals surface area (Å²) in [7, 11) is 2.96. The van der Waals surface area contributed by atoms with Gasteiger partial charge in [0.05, 0.1) is 7.11 Å². The summed E-state index contributed by atoms with van der Waals surface area (Å²) in [6.45, 7) is 3.89. The molecule has 2 aromatic heterocycles. The molecule has 8 nitrogen and oxygen atoms in total. The number of carbonyl (C=O) groups is 1. The van der Waals surface area contributed by atoms with Crippen molar-refractivity contribution in [2.75, 3.05) is 19.5 Å². The third-order valence-corrected chi connectivity index (χ3v) is 4.94. The highest BCUT2D eigenvalue weighted by molar-refractivity contribution is 5.79. The molecule has 0 atom stereocenters. The van der Waals surface area contributed by atoms with Gasteiger partial charge in [-0.1, -0.05) is 0 Å². The van der Waals surface area contributed by atoms with Crippen molar-refractivity contribution in [3.8, 4) is 0 Å². The van der Waals surface area contributed by atoms with Crippen LogP contribution in [0.5, 0.6) is 0 Å². The van der Waals surface area contributed by atoms with Crippen molar-refractivity contribution in [1.29, 1.82) is 0 Å². The second-order valence-electron chi connectivity index (χ2n) is 6.78. The van der Waals surface area contributed by atoms with Crippen molar-refractivity contribution >= 4 is 17.6 Å². The topological polar surface area (TPSA) is 102 Å². The molecule has 140 valence electrons. The van der Waals surface area contributed by atoms with Crippen LogP contribution >= 0.6 is 0 Å². The average molecular weight is 359 g/mol. The quantitative estimate of drug-likeness (QED) is 0.791. The van der Waals surface area contributed by atoms with Crippen molar-refractivity contribution in [1.82, 2.24) is 20.2 Å². The molecule has 1 aliphatic rings. The number of ether oxygens (including phenoxy) is 2. The molecule has 2 aromatic rings. The van der Waals surface area contributed by atoms with Crippen molar-refractivity contribution in [2.24, 2.45) is 0 Å². The van der Waals surface area contributed by atoms with Crippen LogP contribution in [0.1, 0.15) is 48.8 Å². The van der Waals surface area contributed by atoms with E-state index in [1.807, 2.05) is 26.0 Å². The van der Waals surface area contributed by atoms with Gasteiger partial charge in [0.15, 0.2) is 11.4 Å². The Balaban J connectivity index is 1.75. The SMILES string of the molecule is COC(=O)C1(OC)CCC(c2nc(C)cc(Nc3cc(C)[nH]n3)n2)CC1. The summed E-state index contributed by atoms with van der Waals surface area (Å²) < 4.78 is 10.4. The fourth-order valence-corrected chi connectivity index (χ4v) is 3.47. The highest BCUT2D eigenvalue weighted by atomic mass is 16.6. The monoisotopic (exact) mass is 359 g/mol. The number of esters is 1. The van der Waals surface area contributed by atoms with Gasteiger partial charge in [0.25, 0.3) is 0 Å². The van der Waals surface area contributed by atoms with Gasteiger partial charge < -0.3 is 14.8 Å². The average Bonchev–Trinajstić information content (AvgIpc) is 3.05. The van der Waals surface area contributed by atoms with Crippen LogP contribution in [0.2, 0.25) is 0 Å². The largest absolute Gasteiger partial charge is 0.467 e. The zero-order chi connectivity index (χ0) is 18.7. The summed E-state index contributed by atoms with van der Waals surface area (Å²) in [6.07, 6.45) is 2.74. The van der Waals surface area contributed by atoms with E-state index in [2.05, 4.69) is 25.5 Å². The van der Waals surface area contributed by atoms with E-state index >= 15 is 0 Å². The second kappa shape index (κ2) is 7.41. The zero-order valence-electron chi connectivity index (χ0n) is 15.6. The zero-order valence-corrected chi connectivity index (χ0v) is 15.6. The molecule has 2 heterocycles. The van der Waals surface area contributed by atoms with Gasteiger partial charge in [-0.3, -0.25) is 5.10 Å². The van der Waals surface area contributed by atoms with Gasteiger partial charge in [0, 0.05) is 36.5 Å². The number of nitrogens with one attached hydrogen (secondary N) is 2. The lowest BCUT2D eigenvalue weighted by atomic mass is 9.78. The Labute approximate surface area is 152 Å². The first-order chi connectivity index (χ1) is 12.5. The van der Waals surface area contributed by atoms with E-state index in [1.54, 1.807) is 7.11 Å². The molecule has 0 amide bonds. The van der Waals surface area contributed by atoms with Gasteiger partial charge in [0.2, 0.25) is 0 Å². The lowest BCUT2D eigenvalue weighted by Gasteiger charge is -2.36. The molecule has 0 aliphatic heterocycles. The Kier molecular flexibility index (Phi) is 5.22. The fraction of sp³-hybridized carbons (Fsp3) is 0.556. The fourth-order valence-electron chi connectivity index (χ4n) is 3.47. The third-order valence-electron chi connectivity index (χ3n) is 4.94. The number of H-pyrrole nitrogens is 1. The number of methoxy groups -OCH3 is 2. The summed E-state index contributed by atoms with van der Waals surface area (Å²) in [5.74, 6) is 2.10. The molecule has 0 aromatic carbocycles. The molecule has 0 bridgehead atoms. The van der Waals surface area contributed by atoms with Gasteiger partial charge in [0.1, 0.15) is 11.6 Å². The number of aryl methyl sites for hydroxylation is 2. The standard InChI is InChI=1S/C18H25N5O3/c1-11-9-14(20-15-10-12(2)22-23-15)21-16(19-11)13-5-7-18(26-4,8-6-13)17(24)25-3/h9-10,13H,5-8H2,1-4H3,(H2,19,20,21,22,23). The highest BCUT2D eigenvalue weighted by Gasteiger charge is 2.44. The minimum Gasteiger partial charge on any atom is -0.467 e. The number of aromatic nitrogens is 4. The Hall–Kier alpha value is -2.48. The van der Waals surface area contributed by atoms with Crippen LogP contribution in [0.15, 0.2) is 12.1 Å². The molecular formula is C18H25N5O3. The Morgan fingerprint density at radius 3 is 2.50 bits per heavy atom. The molecule has 1 saturated carbocycles. The summed E-state index contributed by atoms with van der Waals surface area (Å²) in [5.41, 5.74) is 1.02. The van der Waals surface area contributed by atoms with Crippen LogP contribution in [-0.4, -0.2) is 46.0 Å². The maximum atomic E-state index is 12.1. The summed E-state index contributed by atoms with van der Waals surface area (Å²) >= 11 is 0. The molecule has 26 heavy (non-hydrogen) atoms. The Morgan fingerprint density at radius 2 is 1.92 bits per heavy atom. The van der Waals surface area contributed by atoms with Crippen molar-refractivity contribution < 1.29 is 14.3 Å². The Morgan fingerprint density at radius 1 is 1.19 bits per heavy atom.